The number of nitrogens with zero attached hydrogens (tertiary/aromatic N) is 2. The lowest BCUT2D eigenvalue weighted by Gasteiger charge is -1.99. The Labute approximate surface area is 105 Å². The smallest absolute Gasteiger partial charge is 0.142 e. The number of rotatable bonds is 2. The fourth-order valence-electron chi connectivity index (χ4n) is 1.15. The molecule has 1 heterocycles. The molecule has 0 N–H and O–H groups in total. The summed E-state index contributed by atoms with van der Waals surface area (Å²) < 4.78 is 1.09. The van der Waals surface area contributed by atoms with Crippen molar-refractivity contribution in [1.29, 1.82) is 0 Å². The first-order valence-corrected chi connectivity index (χ1v) is 6.50. The standard InChI is InChI=1S/C10H8BrClN2S/c1-6-2-3-7(4-8(6)11)10-14-13-9(5-12)15-10/h2-4H,5H2,1H3. The van der Waals surface area contributed by atoms with Gasteiger partial charge in [-0.2, -0.15) is 0 Å². The molecule has 78 valence electrons. The van der Waals surface area contributed by atoms with Crippen LogP contribution in [0, 0.1) is 6.92 Å². The molecular weight excluding hydrogens is 296 g/mol. The van der Waals surface area contributed by atoms with Gasteiger partial charge in [0.25, 0.3) is 0 Å². The third-order valence-corrected chi connectivity index (χ3v) is 4.24. The zero-order valence-electron chi connectivity index (χ0n) is 8.00. The predicted molar refractivity (Wildman–Crippen MR) is 67.3 cm³/mol. The summed E-state index contributed by atoms with van der Waals surface area (Å²) in [5, 5.41) is 9.83. The second kappa shape index (κ2) is 4.60. The molecule has 0 saturated heterocycles. The summed E-state index contributed by atoms with van der Waals surface area (Å²) in [6.07, 6.45) is 0. The van der Waals surface area contributed by atoms with Crippen LogP contribution in [0.2, 0.25) is 0 Å². The lowest BCUT2D eigenvalue weighted by molar-refractivity contribution is 1.04. The second-order valence-electron chi connectivity index (χ2n) is 3.10. The third-order valence-electron chi connectivity index (χ3n) is 2.00. The van der Waals surface area contributed by atoms with Gasteiger partial charge in [-0.25, -0.2) is 0 Å². The van der Waals surface area contributed by atoms with Crippen LogP contribution < -0.4 is 0 Å². The Balaban J connectivity index is 2.40. The normalized spacial score (nSPS) is 10.6. The maximum atomic E-state index is 5.68. The number of aryl methyl sites for hydroxylation is 1. The Morgan fingerprint density at radius 2 is 2.20 bits per heavy atom. The number of aromatic nitrogens is 2. The number of halogens is 2. The summed E-state index contributed by atoms with van der Waals surface area (Å²) in [6.45, 7) is 2.05. The van der Waals surface area contributed by atoms with E-state index in [0.29, 0.717) is 5.88 Å². The quantitative estimate of drug-likeness (QED) is 0.783. The van der Waals surface area contributed by atoms with Crippen LogP contribution in [0.3, 0.4) is 0 Å². The van der Waals surface area contributed by atoms with Gasteiger partial charge in [-0.1, -0.05) is 39.4 Å². The van der Waals surface area contributed by atoms with Crippen molar-refractivity contribution in [1.82, 2.24) is 10.2 Å². The zero-order valence-corrected chi connectivity index (χ0v) is 11.2. The lowest BCUT2D eigenvalue weighted by Crippen LogP contribution is -1.80. The van der Waals surface area contributed by atoms with Crippen LogP contribution in [0.4, 0.5) is 0 Å². The number of alkyl halides is 1. The summed E-state index contributed by atoms with van der Waals surface area (Å²) in [5.74, 6) is 0.421. The zero-order chi connectivity index (χ0) is 10.8. The fourth-order valence-corrected chi connectivity index (χ4v) is 2.43. The fraction of sp³-hybridized carbons (Fsp3) is 0.200. The van der Waals surface area contributed by atoms with Gasteiger partial charge in [0.2, 0.25) is 0 Å². The Hall–Kier alpha value is -0.450. The van der Waals surface area contributed by atoms with Crippen LogP contribution in [0.15, 0.2) is 22.7 Å². The molecule has 0 radical (unpaired) electrons. The minimum absolute atomic E-state index is 0.421. The number of benzene rings is 1. The second-order valence-corrected chi connectivity index (χ2v) is 5.28. The number of hydrogen-bond acceptors (Lipinski definition) is 3. The van der Waals surface area contributed by atoms with Crippen molar-refractivity contribution in [3.05, 3.63) is 33.2 Å². The highest BCUT2D eigenvalue weighted by Gasteiger charge is 2.06. The van der Waals surface area contributed by atoms with E-state index >= 15 is 0 Å². The molecule has 15 heavy (non-hydrogen) atoms. The van der Waals surface area contributed by atoms with E-state index in [1.165, 1.54) is 16.9 Å². The Morgan fingerprint density at radius 1 is 1.40 bits per heavy atom. The molecule has 0 amide bonds. The lowest BCUT2D eigenvalue weighted by atomic mass is 10.2. The average Bonchev–Trinajstić information content (AvgIpc) is 2.70. The van der Waals surface area contributed by atoms with Crippen molar-refractivity contribution in [2.45, 2.75) is 12.8 Å². The van der Waals surface area contributed by atoms with Crippen LogP contribution >= 0.6 is 38.9 Å². The van der Waals surface area contributed by atoms with E-state index in [2.05, 4.69) is 39.1 Å². The van der Waals surface area contributed by atoms with Gasteiger partial charge in [-0.3, -0.25) is 0 Å². The maximum Gasteiger partial charge on any atom is 0.147 e. The Kier molecular flexibility index (Phi) is 3.38. The molecule has 0 fully saturated rings. The molecule has 2 aromatic rings. The largest absolute Gasteiger partial charge is 0.147 e. The molecule has 2 nitrogen and oxygen atoms in total. The molecule has 0 atom stereocenters. The van der Waals surface area contributed by atoms with Crippen molar-refractivity contribution in [2.75, 3.05) is 0 Å². The van der Waals surface area contributed by atoms with E-state index in [-0.39, 0.29) is 0 Å². The molecule has 0 saturated carbocycles. The number of hydrogen-bond donors (Lipinski definition) is 0. The van der Waals surface area contributed by atoms with E-state index in [9.17, 15) is 0 Å². The average molecular weight is 304 g/mol. The van der Waals surface area contributed by atoms with Crippen molar-refractivity contribution >= 4 is 38.9 Å². The minimum Gasteiger partial charge on any atom is -0.142 e. The third kappa shape index (κ3) is 2.38. The highest BCUT2D eigenvalue weighted by molar-refractivity contribution is 9.10. The van der Waals surface area contributed by atoms with E-state index in [1.54, 1.807) is 0 Å². The van der Waals surface area contributed by atoms with Gasteiger partial charge >= 0.3 is 0 Å². The summed E-state index contributed by atoms with van der Waals surface area (Å²) >= 11 is 10.7. The van der Waals surface area contributed by atoms with Crippen LogP contribution in [-0.2, 0) is 5.88 Å². The van der Waals surface area contributed by atoms with Crippen LogP contribution in [0.1, 0.15) is 10.6 Å². The molecule has 1 aromatic carbocycles. The first kappa shape index (κ1) is 11.0. The Bertz CT molecular complexity index is 484. The molecule has 1 aromatic heterocycles. The van der Waals surface area contributed by atoms with E-state index in [1.807, 2.05) is 12.1 Å². The van der Waals surface area contributed by atoms with Gasteiger partial charge in [0.05, 0.1) is 5.88 Å². The van der Waals surface area contributed by atoms with Gasteiger partial charge in [-0.15, -0.1) is 21.8 Å². The molecular formula is C10H8BrClN2S. The van der Waals surface area contributed by atoms with Gasteiger partial charge < -0.3 is 0 Å². The molecule has 0 bridgehead atoms. The molecule has 0 unspecified atom stereocenters. The molecule has 2 rings (SSSR count). The van der Waals surface area contributed by atoms with E-state index < -0.39 is 0 Å². The van der Waals surface area contributed by atoms with Gasteiger partial charge in [0.15, 0.2) is 0 Å². The summed E-state index contributed by atoms with van der Waals surface area (Å²) in [4.78, 5) is 0. The van der Waals surface area contributed by atoms with Gasteiger partial charge in [0, 0.05) is 10.0 Å². The molecule has 0 aliphatic heterocycles. The molecule has 0 aliphatic carbocycles. The maximum absolute atomic E-state index is 5.68. The van der Waals surface area contributed by atoms with Crippen molar-refractivity contribution < 1.29 is 0 Å². The van der Waals surface area contributed by atoms with E-state index in [4.69, 9.17) is 11.6 Å². The summed E-state index contributed by atoms with van der Waals surface area (Å²) in [5.41, 5.74) is 2.28. The summed E-state index contributed by atoms with van der Waals surface area (Å²) in [6, 6.07) is 6.15. The molecule has 0 aliphatic rings. The van der Waals surface area contributed by atoms with Crippen LogP contribution in [0.5, 0.6) is 0 Å². The predicted octanol–water partition coefficient (Wildman–Crippen LogP) is 4.01. The Morgan fingerprint density at radius 3 is 2.80 bits per heavy atom. The van der Waals surface area contributed by atoms with Gasteiger partial charge in [0.1, 0.15) is 10.0 Å². The first-order valence-electron chi connectivity index (χ1n) is 4.35. The molecule has 5 heteroatoms. The SMILES string of the molecule is Cc1ccc(-c2nnc(CCl)s2)cc1Br. The van der Waals surface area contributed by atoms with E-state index in [0.717, 1.165) is 20.1 Å². The molecule has 0 spiro atoms. The van der Waals surface area contributed by atoms with Gasteiger partial charge in [-0.05, 0) is 18.6 Å². The first-order chi connectivity index (χ1) is 7.20. The van der Waals surface area contributed by atoms with Crippen molar-refractivity contribution in [3.8, 4) is 10.6 Å². The highest BCUT2D eigenvalue weighted by Crippen LogP contribution is 2.28. The minimum atomic E-state index is 0.421. The topological polar surface area (TPSA) is 25.8 Å². The highest BCUT2D eigenvalue weighted by atomic mass is 79.9. The summed E-state index contributed by atoms with van der Waals surface area (Å²) in [7, 11) is 0. The van der Waals surface area contributed by atoms with Crippen LogP contribution in [0.25, 0.3) is 10.6 Å². The van der Waals surface area contributed by atoms with Crippen LogP contribution in [-0.4, -0.2) is 10.2 Å². The monoisotopic (exact) mass is 302 g/mol. The van der Waals surface area contributed by atoms with Crippen molar-refractivity contribution in [2.24, 2.45) is 0 Å². The van der Waals surface area contributed by atoms with Crippen molar-refractivity contribution in [3.63, 3.8) is 0 Å².